The van der Waals surface area contributed by atoms with Gasteiger partial charge in [-0.25, -0.2) is 4.79 Å². The van der Waals surface area contributed by atoms with Crippen LogP contribution in [0.4, 0.5) is 0 Å². The molecule has 2 aromatic rings. The lowest BCUT2D eigenvalue weighted by Crippen LogP contribution is -2.22. The first kappa shape index (κ1) is 16.6. The van der Waals surface area contributed by atoms with Crippen molar-refractivity contribution in [2.45, 2.75) is 6.92 Å². The van der Waals surface area contributed by atoms with E-state index in [9.17, 15) is 19.6 Å². The Kier molecular flexibility index (Phi) is 5.04. The number of benzene rings is 1. The molecule has 1 aromatic carbocycles. The molecular weight excluding hydrogens is 314 g/mol. The minimum Gasteiger partial charge on any atom is -0.465 e. The third-order valence-corrected chi connectivity index (χ3v) is 4.24. The van der Waals surface area contributed by atoms with Gasteiger partial charge in [-0.05, 0) is 31.2 Å². The number of ether oxygens (including phenoxy) is 1. The molecule has 0 aliphatic carbocycles. The van der Waals surface area contributed by atoms with E-state index >= 15 is 0 Å². The maximum Gasteiger partial charge on any atom is 0.337 e. The van der Waals surface area contributed by atoms with Crippen molar-refractivity contribution in [2.24, 2.45) is 5.92 Å². The molecule has 0 radical (unpaired) electrons. The van der Waals surface area contributed by atoms with Crippen molar-refractivity contribution in [2.75, 3.05) is 7.11 Å². The van der Waals surface area contributed by atoms with Crippen LogP contribution in [0.25, 0.3) is 0 Å². The second-order valence-electron chi connectivity index (χ2n) is 4.77. The second-order valence-corrected chi connectivity index (χ2v) is 6.06. The van der Waals surface area contributed by atoms with Crippen molar-refractivity contribution >= 4 is 28.9 Å². The molecule has 5 nitrogen and oxygen atoms in total. The van der Waals surface area contributed by atoms with Gasteiger partial charge in [-0.3, -0.25) is 9.59 Å². The van der Waals surface area contributed by atoms with E-state index in [1.54, 1.807) is 18.2 Å². The molecule has 0 spiro atoms. The lowest BCUT2D eigenvalue weighted by Gasteiger charge is -2.07. The zero-order valence-corrected chi connectivity index (χ0v) is 13.3. The number of methoxy groups -OCH3 is 1. The van der Waals surface area contributed by atoms with E-state index in [0.29, 0.717) is 4.88 Å². The summed E-state index contributed by atoms with van der Waals surface area (Å²) < 4.78 is 4.57. The lowest BCUT2D eigenvalue weighted by atomic mass is 9.93. The first-order valence-electron chi connectivity index (χ1n) is 6.70. The summed E-state index contributed by atoms with van der Waals surface area (Å²) in [4.78, 5) is 37.4. The standard InChI is InChI=1S/C17H13NO4S/c1-10-3-8-14(23-10)16(20)13(9-18)15(19)11-4-6-12(7-5-11)17(21)22-2/h3-8,13H,1-2H3/t13-/m0/s1. The lowest BCUT2D eigenvalue weighted by molar-refractivity contribution is 0.0600. The summed E-state index contributed by atoms with van der Waals surface area (Å²) in [5.74, 6) is -3.00. The minimum atomic E-state index is -1.39. The number of hydrogen-bond donors (Lipinski definition) is 0. The highest BCUT2D eigenvalue weighted by Crippen LogP contribution is 2.21. The number of thiophene rings is 1. The topological polar surface area (TPSA) is 84.2 Å². The van der Waals surface area contributed by atoms with Crippen LogP contribution in [0.3, 0.4) is 0 Å². The summed E-state index contributed by atoms with van der Waals surface area (Å²) in [6, 6.07) is 10.8. The van der Waals surface area contributed by atoms with Crippen LogP contribution >= 0.6 is 11.3 Å². The van der Waals surface area contributed by atoms with Crippen molar-refractivity contribution in [3.63, 3.8) is 0 Å². The van der Waals surface area contributed by atoms with E-state index < -0.39 is 23.5 Å². The number of aryl methyl sites for hydroxylation is 1. The number of nitriles is 1. The normalized spacial score (nSPS) is 11.3. The molecule has 6 heteroatoms. The van der Waals surface area contributed by atoms with Crippen LogP contribution in [-0.4, -0.2) is 24.6 Å². The Morgan fingerprint density at radius 2 is 1.65 bits per heavy atom. The smallest absolute Gasteiger partial charge is 0.337 e. The van der Waals surface area contributed by atoms with Gasteiger partial charge in [-0.1, -0.05) is 12.1 Å². The molecule has 0 N–H and O–H groups in total. The third kappa shape index (κ3) is 3.52. The molecule has 0 aliphatic heterocycles. The molecule has 1 heterocycles. The average molecular weight is 327 g/mol. The number of carbonyl (C=O) groups excluding carboxylic acids is 3. The maximum absolute atomic E-state index is 12.4. The summed E-state index contributed by atoms with van der Waals surface area (Å²) in [7, 11) is 1.26. The van der Waals surface area contributed by atoms with E-state index in [4.69, 9.17) is 0 Å². The van der Waals surface area contributed by atoms with E-state index in [0.717, 1.165) is 4.88 Å². The van der Waals surface area contributed by atoms with Gasteiger partial charge >= 0.3 is 5.97 Å². The number of nitrogens with zero attached hydrogens (tertiary/aromatic N) is 1. The molecule has 0 bridgehead atoms. The Labute approximate surface area is 137 Å². The number of hydrogen-bond acceptors (Lipinski definition) is 6. The van der Waals surface area contributed by atoms with Gasteiger partial charge in [0, 0.05) is 10.4 Å². The van der Waals surface area contributed by atoms with Gasteiger partial charge in [0.1, 0.15) is 0 Å². The largest absolute Gasteiger partial charge is 0.465 e. The molecular formula is C17H13NO4S. The van der Waals surface area contributed by atoms with E-state index in [1.807, 2.05) is 6.92 Å². The number of esters is 1. The minimum absolute atomic E-state index is 0.200. The summed E-state index contributed by atoms with van der Waals surface area (Å²) >= 11 is 1.25. The zero-order chi connectivity index (χ0) is 17.0. The van der Waals surface area contributed by atoms with Crippen LogP contribution in [-0.2, 0) is 4.74 Å². The monoisotopic (exact) mass is 327 g/mol. The first-order valence-corrected chi connectivity index (χ1v) is 7.52. The van der Waals surface area contributed by atoms with Crippen LogP contribution < -0.4 is 0 Å². The fraction of sp³-hybridized carbons (Fsp3) is 0.176. The molecule has 23 heavy (non-hydrogen) atoms. The van der Waals surface area contributed by atoms with Crippen molar-refractivity contribution in [3.8, 4) is 6.07 Å². The number of ketones is 2. The quantitative estimate of drug-likeness (QED) is 0.479. The summed E-state index contributed by atoms with van der Waals surface area (Å²) in [6.45, 7) is 1.84. The van der Waals surface area contributed by atoms with Gasteiger partial charge in [-0.15, -0.1) is 11.3 Å². The van der Waals surface area contributed by atoms with Crippen molar-refractivity contribution in [1.82, 2.24) is 0 Å². The Morgan fingerprint density at radius 1 is 1.04 bits per heavy atom. The van der Waals surface area contributed by atoms with Crippen LogP contribution in [0.15, 0.2) is 36.4 Å². The van der Waals surface area contributed by atoms with Crippen LogP contribution in [0.5, 0.6) is 0 Å². The summed E-state index contributed by atoms with van der Waals surface area (Å²) in [5.41, 5.74) is 0.489. The van der Waals surface area contributed by atoms with Gasteiger partial charge < -0.3 is 4.74 Å². The van der Waals surface area contributed by atoms with Gasteiger partial charge in [0.2, 0.25) is 0 Å². The van der Waals surface area contributed by atoms with Crippen molar-refractivity contribution in [3.05, 3.63) is 57.3 Å². The van der Waals surface area contributed by atoms with E-state index in [2.05, 4.69) is 4.74 Å². The van der Waals surface area contributed by atoms with Gasteiger partial charge in [0.05, 0.1) is 23.6 Å². The number of Topliss-reactive ketones (excluding diaryl/α,β-unsaturated/α-hetero) is 2. The average Bonchev–Trinajstić information content (AvgIpc) is 3.01. The second kappa shape index (κ2) is 6.99. The molecule has 0 saturated carbocycles. The third-order valence-electron chi connectivity index (χ3n) is 3.23. The Bertz CT molecular complexity index is 799. The maximum atomic E-state index is 12.4. The van der Waals surface area contributed by atoms with Crippen LogP contribution in [0.2, 0.25) is 0 Å². The van der Waals surface area contributed by atoms with Crippen LogP contribution in [0, 0.1) is 24.2 Å². The highest BCUT2D eigenvalue weighted by molar-refractivity contribution is 7.14. The van der Waals surface area contributed by atoms with Gasteiger partial charge in [0.15, 0.2) is 17.5 Å². The fourth-order valence-electron chi connectivity index (χ4n) is 2.00. The summed E-state index contributed by atoms with van der Waals surface area (Å²) in [6.07, 6.45) is 0. The molecule has 116 valence electrons. The zero-order valence-electron chi connectivity index (χ0n) is 12.5. The molecule has 1 atom stereocenters. The number of rotatable bonds is 5. The fourth-order valence-corrected chi connectivity index (χ4v) is 2.84. The molecule has 0 amide bonds. The Balaban J connectivity index is 2.25. The van der Waals surface area contributed by atoms with Crippen molar-refractivity contribution in [1.29, 1.82) is 5.26 Å². The molecule has 0 fully saturated rings. The van der Waals surface area contributed by atoms with Gasteiger partial charge in [0.25, 0.3) is 0 Å². The number of carbonyl (C=O) groups is 3. The highest BCUT2D eigenvalue weighted by atomic mass is 32.1. The molecule has 0 aliphatic rings. The first-order chi connectivity index (χ1) is 11.0. The Morgan fingerprint density at radius 3 is 2.13 bits per heavy atom. The SMILES string of the molecule is COC(=O)c1ccc(C(=O)[C@H](C#N)C(=O)c2ccc(C)s2)cc1. The van der Waals surface area contributed by atoms with E-state index in [1.165, 1.54) is 42.7 Å². The highest BCUT2D eigenvalue weighted by Gasteiger charge is 2.29. The molecule has 0 unspecified atom stereocenters. The van der Waals surface area contributed by atoms with Crippen molar-refractivity contribution < 1.29 is 19.1 Å². The predicted octanol–water partition coefficient (Wildman–Crippen LogP) is 3.05. The molecule has 2 rings (SSSR count). The van der Waals surface area contributed by atoms with Crippen LogP contribution in [0.1, 0.15) is 35.3 Å². The predicted molar refractivity (Wildman–Crippen MR) is 84.6 cm³/mol. The molecule has 1 aromatic heterocycles. The molecule has 0 saturated heterocycles. The van der Waals surface area contributed by atoms with E-state index in [-0.39, 0.29) is 11.1 Å². The summed E-state index contributed by atoms with van der Waals surface area (Å²) in [5, 5.41) is 9.22. The Hall–Kier alpha value is -2.78. The van der Waals surface area contributed by atoms with Gasteiger partial charge in [-0.2, -0.15) is 5.26 Å².